The van der Waals surface area contributed by atoms with Gasteiger partial charge in [-0.05, 0) is 31.8 Å². The third-order valence-electron chi connectivity index (χ3n) is 3.65. The minimum absolute atomic E-state index is 0.196. The molecule has 86 valence electrons. The molecule has 1 atom stereocenters. The number of amides is 1. The van der Waals surface area contributed by atoms with Crippen LogP contribution in [0.2, 0.25) is 0 Å². The van der Waals surface area contributed by atoms with Crippen LogP contribution in [0.4, 0.5) is 0 Å². The van der Waals surface area contributed by atoms with E-state index < -0.39 is 0 Å². The van der Waals surface area contributed by atoms with Crippen LogP contribution in [0.1, 0.15) is 33.6 Å². The lowest BCUT2D eigenvalue weighted by Gasteiger charge is -2.45. The Morgan fingerprint density at radius 1 is 1.27 bits per heavy atom. The van der Waals surface area contributed by atoms with Gasteiger partial charge in [0.05, 0.1) is 0 Å². The van der Waals surface area contributed by atoms with Crippen LogP contribution in [0.25, 0.3) is 0 Å². The Bertz CT molecular complexity index is 249. The quantitative estimate of drug-likeness (QED) is 0.706. The van der Waals surface area contributed by atoms with Crippen molar-refractivity contribution in [2.75, 3.05) is 19.6 Å². The van der Waals surface area contributed by atoms with Gasteiger partial charge in [0.15, 0.2) is 0 Å². The van der Waals surface area contributed by atoms with Crippen molar-refractivity contribution in [1.29, 1.82) is 0 Å². The van der Waals surface area contributed by atoms with E-state index in [1.807, 2.05) is 20.8 Å². The summed E-state index contributed by atoms with van der Waals surface area (Å²) in [5.41, 5.74) is -0.258. The minimum atomic E-state index is -0.258. The molecule has 0 saturated carbocycles. The van der Waals surface area contributed by atoms with E-state index in [1.165, 1.54) is 25.9 Å². The van der Waals surface area contributed by atoms with Gasteiger partial charge >= 0.3 is 0 Å². The van der Waals surface area contributed by atoms with Crippen LogP contribution in [-0.4, -0.2) is 36.5 Å². The monoisotopic (exact) mass is 210 g/mol. The highest BCUT2D eigenvalue weighted by atomic mass is 16.2. The van der Waals surface area contributed by atoms with Crippen LogP contribution in [0.5, 0.6) is 0 Å². The molecule has 0 spiro atoms. The van der Waals surface area contributed by atoms with Crippen molar-refractivity contribution >= 4 is 5.91 Å². The molecule has 3 rings (SSSR count). The summed E-state index contributed by atoms with van der Waals surface area (Å²) in [6.07, 6.45) is 2.52. The highest BCUT2D eigenvalue weighted by molar-refractivity contribution is 5.81. The van der Waals surface area contributed by atoms with Crippen molar-refractivity contribution in [3.8, 4) is 0 Å². The molecule has 0 radical (unpaired) electrons. The van der Waals surface area contributed by atoms with Gasteiger partial charge < -0.3 is 10.2 Å². The van der Waals surface area contributed by atoms with Crippen LogP contribution < -0.4 is 5.32 Å². The van der Waals surface area contributed by atoms with E-state index in [1.54, 1.807) is 0 Å². The molecule has 0 aromatic heterocycles. The van der Waals surface area contributed by atoms with Crippen molar-refractivity contribution in [2.24, 2.45) is 11.3 Å². The van der Waals surface area contributed by atoms with E-state index in [-0.39, 0.29) is 11.3 Å². The maximum Gasteiger partial charge on any atom is 0.225 e. The Hall–Kier alpha value is -0.570. The first-order valence-corrected chi connectivity index (χ1v) is 6.00. The lowest BCUT2D eigenvalue weighted by molar-refractivity contribution is -0.130. The average molecular weight is 210 g/mol. The second-order valence-corrected chi connectivity index (χ2v) is 5.97. The SMILES string of the molecule is CC(C)(C)C(=O)N[C@@H]1CN2CCC1CC2. The molecule has 3 heterocycles. The minimum Gasteiger partial charge on any atom is -0.351 e. The topological polar surface area (TPSA) is 32.3 Å². The largest absolute Gasteiger partial charge is 0.351 e. The number of rotatable bonds is 1. The molecule has 3 aliphatic heterocycles. The van der Waals surface area contributed by atoms with E-state index in [0.717, 1.165) is 12.5 Å². The molecule has 1 N–H and O–H groups in total. The zero-order valence-electron chi connectivity index (χ0n) is 10.0. The fourth-order valence-electron chi connectivity index (χ4n) is 2.51. The van der Waals surface area contributed by atoms with Gasteiger partial charge in [-0.25, -0.2) is 0 Å². The molecule has 3 nitrogen and oxygen atoms in total. The number of piperidine rings is 3. The maximum absolute atomic E-state index is 11.9. The fraction of sp³-hybridized carbons (Fsp3) is 0.917. The number of hydrogen-bond donors (Lipinski definition) is 1. The smallest absolute Gasteiger partial charge is 0.225 e. The molecule has 3 fully saturated rings. The zero-order valence-corrected chi connectivity index (χ0v) is 10.0. The van der Waals surface area contributed by atoms with Crippen molar-refractivity contribution in [2.45, 2.75) is 39.7 Å². The number of carbonyl (C=O) groups is 1. The molecular weight excluding hydrogens is 188 g/mol. The molecule has 15 heavy (non-hydrogen) atoms. The zero-order chi connectivity index (χ0) is 11.1. The van der Waals surface area contributed by atoms with Gasteiger partial charge in [-0.15, -0.1) is 0 Å². The van der Waals surface area contributed by atoms with Crippen molar-refractivity contribution in [3.05, 3.63) is 0 Å². The van der Waals surface area contributed by atoms with Gasteiger partial charge in [-0.3, -0.25) is 4.79 Å². The number of carbonyl (C=O) groups excluding carboxylic acids is 1. The molecule has 3 saturated heterocycles. The fourth-order valence-corrected chi connectivity index (χ4v) is 2.51. The van der Waals surface area contributed by atoms with Gasteiger partial charge in [0, 0.05) is 18.0 Å². The molecule has 1 amide bonds. The predicted octanol–water partition coefficient (Wildman–Crippen LogP) is 1.24. The van der Waals surface area contributed by atoms with Crippen LogP contribution in [0.3, 0.4) is 0 Å². The molecule has 0 unspecified atom stereocenters. The van der Waals surface area contributed by atoms with Crippen molar-refractivity contribution in [1.82, 2.24) is 10.2 Å². The summed E-state index contributed by atoms with van der Waals surface area (Å²) >= 11 is 0. The summed E-state index contributed by atoms with van der Waals surface area (Å²) in [5, 5.41) is 3.21. The Morgan fingerprint density at radius 2 is 1.87 bits per heavy atom. The van der Waals surface area contributed by atoms with E-state index in [4.69, 9.17) is 0 Å². The Balaban J connectivity index is 1.93. The number of fused-ring (bicyclic) bond motifs is 3. The van der Waals surface area contributed by atoms with Gasteiger partial charge in [0.1, 0.15) is 0 Å². The Kier molecular flexibility index (Phi) is 2.75. The van der Waals surface area contributed by atoms with Gasteiger partial charge in [-0.1, -0.05) is 20.8 Å². The van der Waals surface area contributed by atoms with Crippen molar-refractivity contribution < 1.29 is 4.79 Å². The van der Waals surface area contributed by atoms with Gasteiger partial charge in [0.25, 0.3) is 0 Å². The first-order valence-electron chi connectivity index (χ1n) is 6.00. The molecule has 0 aromatic carbocycles. The molecule has 3 heteroatoms. The molecule has 2 bridgehead atoms. The third kappa shape index (κ3) is 2.33. The highest BCUT2D eigenvalue weighted by Gasteiger charge is 2.36. The van der Waals surface area contributed by atoms with Crippen molar-refractivity contribution in [3.63, 3.8) is 0 Å². The standard InChI is InChI=1S/C12H22N2O/c1-12(2,3)11(15)13-10-8-14-6-4-9(10)5-7-14/h9-10H,4-8H2,1-3H3,(H,13,15)/t10-/m1/s1. The van der Waals surface area contributed by atoms with Gasteiger partial charge in [0.2, 0.25) is 5.91 Å². The van der Waals surface area contributed by atoms with Crippen LogP contribution in [0.15, 0.2) is 0 Å². The summed E-state index contributed by atoms with van der Waals surface area (Å²) in [6.45, 7) is 9.45. The van der Waals surface area contributed by atoms with Gasteiger partial charge in [-0.2, -0.15) is 0 Å². The molecule has 0 aromatic rings. The lowest BCUT2D eigenvalue weighted by Crippen LogP contribution is -2.58. The number of nitrogens with zero attached hydrogens (tertiary/aromatic N) is 1. The normalized spacial score (nSPS) is 35.3. The summed E-state index contributed by atoms with van der Waals surface area (Å²) in [4.78, 5) is 14.3. The van der Waals surface area contributed by atoms with E-state index in [0.29, 0.717) is 6.04 Å². The summed E-state index contributed by atoms with van der Waals surface area (Å²) in [6, 6.07) is 0.402. The van der Waals surface area contributed by atoms with Crippen LogP contribution >= 0.6 is 0 Å². The third-order valence-corrected chi connectivity index (χ3v) is 3.65. The maximum atomic E-state index is 11.9. The van der Waals surface area contributed by atoms with E-state index in [9.17, 15) is 4.79 Å². The summed E-state index contributed by atoms with van der Waals surface area (Å²) < 4.78 is 0. The van der Waals surface area contributed by atoms with E-state index in [2.05, 4.69) is 10.2 Å². The second kappa shape index (κ2) is 3.78. The first-order chi connectivity index (χ1) is 6.97. The Morgan fingerprint density at radius 3 is 2.27 bits per heavy atom. The molecule has 3 aliphatic rings. The number of hydrogen-bond acceptors (Lipinski definition) is 2. The van der Waals surface area contributed by atoms with Crippen LogP contribution in [-0.2, 0) is 4.79 Å². The van der Waals surface area contributed by atoms with Crippen LogP contribution in [0, 0.1) is 11.3 Å². The first kappa shape index (κ1) is 10.9. The lowest BCUT2D eigenvalue weighted by atomic mass is 9.83. The molecular formula is C12H22N2O. The Labute approximate surface area is 92.2 Å². The highest BCUT2D eigenvalue weighted by Crippen LogP contribution is 2.28. The second-order valence-electron chi connectivity index (χ2n) is 5.97. The molecule has 0 aliphatic carbocycles. The van der Waals surface area contributed by atoms with E-state index >= 15 is 0 Å². The average Bonchev–Trinajstić information content (AvgIpc) is 2.18. The summed E-state index contributed by atoms with van der Waals surface area (Å²) in [7, 11) is 0. The predicted molar refractivity (Wildman–Crippen MR) is 60.5 cm³/mol. The number of nitrogens with one attached hydrogen (secondary N) is 1. The summed E-state index contributed by atoms with van der Waals surface area (Å²) in [5.74, 6) is 0.919.